The van der Waals surface area contributed by atoms with Gasteiger partial charge in [0, 0.05) is 44.0 Å². The molecule has 5 rings (SSSR count). The highest BCUT2D eigenvalue weighted by atomic mass is 35.5. The van der Waals surface area contributed by atoms with Crippen molar-refractivity contribution in [3.8, 4) is 11.5 Å². The Hall–Kier alpha value is -4.16. The van der Waals surface area contributed by atoms with Gasteiger partial charge in [-0.25, -0.2) is 14.2 Å². The van der Waals surface area contributed by atoms with Crippen molar-refractivity contribution < 1.29 is 27.1 Å². The Morgan fingerprint density at radius 1 is 0.974 bits per heavy atom. The molecule has 0 spiro atoms. The van der Waals surface area contributed by atoms with E-state index >= 15 is 0 Å². The van der Waals surface area contributed by atoms with Crippen LogP contribution in [0.25, 0.3) is 11.0 Å². The molecular weight excluding hydrogens is 540 g/mol. The van der Waals surface area contributed by atoms with Gasteiger partial charge in [-0.05, 0) is 42.5 Å². The summed E-state index contributed by atoms with van der Waals surface area (Å²) >= 11 is 5.59. The fourth-order valence-corrected chi connectivity index (χ4v) is 4.22. The highest BCUT2D eigenvalue weighted by Gasteiger charge is 2.33. The van der Waals surface area contributed by atoms with E-state index in [0.717, 1.165) is 44.1 Å². The van der Waals surface area contributed by atoms with Crippen LogP contribution < -0.4 is 25.6 Å². The van der Waals surface area contributed by atoms with Gasteiger partial charge in [0.2, 0.25) is 0 Å². The lowest BCUT2D eigenvalue weighted by molar-refractivity contribution is -0.137. The molecule has 0 radical (unpaired) electrons. The third-order valence-electron chi connectivity index (χ3n) is 5.90. The van der Waals surface area contributed by atoms with Crippen LogP contribution in [0.1, 0.15) is 5.56 Å². The molecule has 1 aromatic heterocycles. The van der Waals surface area contributed by atoms with Gasteiger partial charge in [0.25, 0.3) is 0 Å². The highest BCUT2D eigenvalue weighted by Crippen LogP contribution is 2.36. The Morgan fingerprint density at radius 3 is 2.46 bits per heavy atom. The van der Waals surface area contributed by atoms with E-state index in [1.807, 2.05) is 0 Å². The number of piperazine rings is 1. The van der Waals surface area contributed by atoms with Gasteiger partial charge in [-0.1, -0.05) is 11.6 Å². The summed E-state index contributed by atoms with van der Waals surface area (Å²) in [4.78, 5) is 23.5. The van der Waals surface area contributed by atoms with Gasteiger partial charge in [0.15, 0.2) is 0 Å². The minimum atomic E-state index is -4.70. The zero-order valence-corrected chi connectivity index (χ0v) is 20.9. The Balaban J connectivity index is 1.26. The monoisotopic (exact) mass is 560 g/mol. The number of carbonyl (C=O) groups excluding carboxylic acids is 1. The molecule has 1 fully saturated rings. The number of halogens is 5. The Bertz CT molecular complexity index is 1530. The summed E-state index contributed by atoms with van der Waals surface area (Å²) in [7, 11) is 0. The number of ether oxygens (including phenoxy) is 1. The quantitative estimate of drug-likeness (QED) is 0.249. The number of urea groups is 1. The smallest absolute Gasteiger partial charge is 0.417 e. The van der Waals surface area contributed by atoms with Crippen LogP contribution in [0, 0.1) is 5.82 Å². The van der Waals surface area contributed by atoms with Gasteiger partial charge in [0.05, 0.1) is 33.5 Å². The van der Waals surface area contributed by atoms with E-state index < -0.39 is 28.6 Å². The second-order valence-electron chi connectivity index (χ2n) is 8.63. The van der Waals surface area contributed by atoms with Crippen LogP contribution in [-0.2, 0) is 6.18 Å². The molecule has 3 aromatic carbocycles. The maximum Gasteiger partial charge on any atom is 0.417 e. The molecule has 0 atom stereocenters. The maximum absolute atomic E-state index is 14.7. The maximum atomic E-state index is 14.7. The molecular formula is C26H21ClF4N6O2. The summed E-state index contributed by atoms with van der Waals surface area (Å²) in [6.45, 7) is 3.37. The first-order valence-corrected chi connectivity index (χ1v) is 12.2. The summed E-state index contributed by atoms with van der Waals surface area (Å²) in [6.07, 6.45) is -2.97. The standard InChI is InChI=1S/C26H21ClF4N6O2/c27-19-4-1-15(11-18(19)26(29,30)31)34-25(38)36-21-5-2-16(12-20(21)28)39-17-3-6-22-23(13-17)35-24(14-33-22)37-9-7-32-8-10-37/h1-6,11-14,32H,7-10H2,(H2,34,36,38). The van der Waals surface area contributed by atoms with Crippen LogP contribution in [0.4, 0.5) is 39.5 Å². The fourth-order valence-electron chi connectivity index (χ4n) is 3.99. The van der Waals surface area contributed by atoms with Crippen LogP contribution in [0.5, 0.6) is 11.5 Å². The van der Waals surface area contributed by atoms with E-state index in [2.05, 4.69) is 30.8 Å². The van der Waals surface area contributed by atoms with E-state index in [9.17, 15) is 22.4 Å². The second kappa shape index (κ2) is 10.9. The number of benzene rings is 3. The first kappa shape index (κ1) is 26.4. The molecule has 1 saturated heterocycles. The number of hydrogen-bond donors (Lipinski definition) is 3. The van der Waals surface area contributed by atoms with E-state index in [1.165, 1.54) is 18.2 Å². The molecule has 0 saturated carbocycles. The third kappa shape index (κ3) is 6.29. The summed E-state index contributed by atoms with van der Waals surface area (Å²) in [5, 5.41) is 7.27. The Labute approximate surface area is 225 Å². The van der Waals surface area contributed by atoms with E-state index in [0.29, 0.717) is 22.8 Å². The van der Waals surface area contributed by atoms with Gasteiger partial charge in [-0.3, -0.25) is 4.98 Å². The summed E-state index contributed by atoms with van der Waals surface area (Å²) < 4.78 is 59.6. The number of nitrogens with one attached hydrogen (secondary N) is 3. The van der Waals surface area contributed by atoms with E-state index in [-0.39, 0.29) is 17.1 Å². The summed E-state index contributed by atoms with van der Waals surface area (Å²) in [5.41, 5.74) is -0.163. The lowest BCUT2D eigenvalue weighted by Gasteiger charge is -2.28. The number of aromatic nitrogens is 2. The number of amides is 2. The van der Waals surface area contributed by atoms with Crippen LogP contribution in [0.15, 0.2) is 60.8 Å². The third-order valence-corrected chi connectivity index (χ3v) is 6.23. The van der Waals surface area contributed by atoms with Crippen molar-refractivity contribution in [1.82, 2.24) is 15.3 Å². The van der Waals surface area contributed by atoms with Gasteiger partial charge >= 0.3 is 12.2 Å². The van der Waals surface area contributed by atoms with Gasteiger partial charge in [0.1, 0.15) is 23.1 Å². The van der Waals surface area contributed by atoms with Crippen molar-refractivity contribution in [3.05, 3.63) is 77.2 Å². The van der Waals surface area contributed by atoms with Crippen molar-refractivity contribution in [2.75, 3.05) is 41.7 Å². The predicted molar refractivity (Wildman–Crippen MR) is 140 cm³/mol. The van der Waals surface area contributed by atoms with Crippen LogP contribution in [0.2, 0.25) is 5.02 Å². The number of hydrogen-bond acceptors (Lipinski definition) is 6. The fraction of sp³-hybridized carbons (Fsp3) is 0.192. The molecule has 0 bridgehead atoms. The van der Waals surface area contributed by atoms with Crippen molar-refractivity contribution in [1.29, 1.82) is 0 Å². The highest BCUT2D eigenvalue weighted by molar-refractivity contribution is 6.31. The van der Waals surface area contributed by atoms with Gasteiger partial charge < -0.3 is 25.6 Å². The van der Waals surface area contributed by atoms with Gasteiger partial charge in [-0.2, -0.15) is 13.2 Å². The molecule has 1 aliphatic rings. The van der Waals surface area contributed by atoms with Crippen molar-refractivity contribution in [3.63, 3.8) is 0 Å². The summed E-state index contributed by atoms with van der Waals surface area (Å²) in [6, 6.07) is 10.9. The molecule has 3 N–H and O–H groups in total. The SMILES string of the molecule is O=C(Nc1ccc(Cl)c(C(F)(F)F)c1)Nc1ccc(Oc2ccc3ncc(N4CCNCC4)nc3c2)cc1F. The zero-order chi connectivity index (χ0) is 27.6. The minimum absolute atomic E-state index is 0.163. The van der Waals surface area contributed by atoms with E-state index in [1.54, 1.807) is 24.4 Å². The molecule has 4 aromatic rings. The van der Waals surface area contributed by atoms with Crippen LogP contribution in [0.3, 0.4) is 0 Å². The lowest BCUT2D eigenvalue weighted by Crippen LogP contribution is -2.43. The predicted octanol–water partition coefficient (Wildman–Crippen LogP) is 6.29. The molecule has 8 nitrogen and oxygen atoms in total. The largest absolute Gasteiger partial charge is 0.457 e. The normalized spacial score (nSPS) is 13.8. The van der Waals surface area contributed by atoms with Crippen LogP contribution >= 0.6 is 11.6 Å². The van der Waals surface area contributed by atoms with Crippen LogP contribution in [-0.4, -0.2) is 42.2 Å². The molecule has 2 heterocycles. The number of alkyl halides is 3. The second-order valence-corrected chi connectivity index (χ2v) is 9.04. The van der Waals surface area contributed by atoms with Crippen molar-refractivity contribution >= 4 is 45.9 Å². The lowest BCUT2D eigenvalue weighted by atomic mass is 10.2. The van der Waals surface area contributed by atoms with E-state index in [4.69, 9.17) is 16.3 Å². The molecule has 202 valence electrons. The molecule has 13 heteroatoms. The number of fused-ring (bicyclic) bond motifs is 1. The van der Waals surface area contributed by atoms with Gasteiger partial charge in [-0.15, -0.1) is 0 Å². The molecule has 0 unspecified atom stereocenters. The first-order chi connectivity index (χ1) is 18.7. The molecule has 39 heavy (non-hydrogen) atoms. The van der Waals surface area contributed by atoms with Crippen molar-refractivity contribution in [2.45, 2.75) is 6.18 Å². The average molecular weight is 561 g/mol. The number of rotatable bonds is 5. The minimum Gasteiger partial charge on any atom is -0.457 e. The Kier molecular flexibility index (Phi) is 7.40. The number of carbonyl (C=O) groups is 1. The number of nitrogens with zero attached hydrogens (tertiary/aromatic N) is 3. The Morgan fingerprint density at radius 2 is 1.72 bits per heavy atom. The topological polar surface area (TPSA) is 91.4 Å². The molecule has 2 amide bonds. The van der Waals surface area contributed by atoms with Crippen molar-refractivity contribution in [2.24, 2.45) is 0 Å². The average Bonchev–Trinajstić information content (AvgIpc) is 2.91. The number of anilines is 3. The molecule has 0 aliphatic carbocycles. The summed E-state index contributed by atoms with van der Waals surface area (Å²) in [5.74, 6) is 0.525. The zero-order valence-electron chi connectivity index (χ0n) is 20.1. The first-order valence-electron chi connectivity index (χ1n) is 11.8. The molecule has 1 aliphatic heterocycles.